The Morgan fingerprint density at radius 3 is 2.51 bits per heavy atom. The summed E-state index contributed by atoms with van der Waals surface area (Å²) in [6, 6.07) is 9.37. The van der Waals surface area contributed by atoms with E-state index >= 15 is 0 Å². The first-order valence-electron chi connectivity index (χ1n) is 21.3. The number of benzene rings is 1. The highest BCUT2D eigenvalue weighted by atomic mass is 16.7. The van der Waals surface area contributed by atoms with Crippen LogP contribution in [0.2, 0.25) is 0 Å². The number of cyclic esters (lactones) is 1. The quantitative estimate of drug-likeness (QED) is 0.104. The zero-order chi connectivity index (χ0) is 43.2. The van der Waals surface area contributed by atoms with Crippen molar-refractivity contribution in [3.63, 3.8) is 0 Å². The lowest BCUT2D eigenvalue weighted by molar-refractivity contribution is -0.295. The van der Waals surface area contributed by atoms with Crippen molar-refractivity contribution in [2.45, 2.75) is 135 Å². The standard InChI is InChI=1S/C46H68N4O9/c1-12-37-46(8)40(49-44(54)59-46)29(4)34(20-22-47-21-16-15-17-32-24-33-18-13-14-19-35(33)48-26-32)27(2)25-45(7,55-11)41(30(5)38(51)31(6)42(53)57-37)58-43-39(52)36(50(9)10)23-28(3)56-43/h13-15,17-20,24,26-31,36-37,39-41,43,47,52H,12,16,21-23,25H2,1-11H3,(H,49,54)/b17-15+,34-20+/t27-,28-,29+,30+,31-,36+,37-,39-,40+,41-,43?,45-,46-/m1/s1. The molecule has 5 rings (SSSR count). The first-order chi connectivity index (χ1) is 27.9. The number of pyridine rings is 1. The number of hydrogen-bond donors (Lipinski definition) is 3. The van der Waals surface area contributed by atoms with Crippen LogP contribution in [0.4, 0.5) is 4.79 Å². The zero-order valence-corrected chi connectivity index (χ0v) is 36.9. The van der Waals surface area contributed by atoms with Crippen LogP contribution >= 0.6 is 0 Å². The van der Waals surface area contributed by atoms with E-state index in [1.807, 2.05) is 64.2 Å². The predicted octanol–water partition coefficient (Wildman–Crippen LogP) is 6.08. The third kappa shape index (κ3) is 10.4. The van der Waals surface area contributed by atoms with Crippen LogP contribution in [0.1, 0.15) is 86.6 Å². The summed E-state index contributed by atoms with van der Waals surface area (Å²) in [6.07, 6.45) is 5.75. The van der Waals surface area contributed by atoms with E-state index in [4.69, 9.17) is 23.7 Å². The van der Waals surface area contributed by atoms with Gasteiger partial charge in [-0.05, 0) is 97.6 Å². The number of aromatic nitrogens is 1. The van der Waals surface area contributed by atoms with Gasteiger partial charge in [-0.25, -0.2) is 4.79 Å². The number of hydrogen-bond acceptors (Lipinski definition) is 12. The topological polar surface area (TPSA) is 158 Å². The number of aliphatic hydroxyl groups excluding tert-OH is 1. The summed E-state index contributed by atoms with van der Waals surface area (Å²) in [5.41, 5.74) is 0.697. The number of ketones is 1. The molecular weight excluding hydrogens is 753 g/mol. The van der Waals surface area contributed by atoms with Crippen molar-refractivity contribution in [2.24, 2.45) is 23.7 Å². The molecule has 4 heterocycles. The van der Waals surface area contributed by atoms with Gasteiger partial charge in [-0.1, -0.05) is 69.7 Å². The minimum absolute atomic E-state index is 0.166. The summed E-state index contributed by atoms with van der Waals surface area (Å²) < 4.78 is 31.4. The van der Waals surface area contributed by atoms with Crippen molar-refractivity contribution in [1.29, 1.82) is 0 Å². The summed E-state index contributed by atoms with van der Waals surface area (Å²) in [5.74, 6) is -3.59. The van der Waals surface area contributed by atoms with E-state index in [1.165, 1.54) is 6.92 Å². The van der Waals surface area contributed by atoms with Crippen molar-refractivity contribution < 1.29 is 43.2 Å². The summed E-state index contributed by atoms with van der Waals surface area (Å²) in [7, 11) is 5.40. The van der Waals surface area contributed by atoms with E-state index in [-0.39, 0.29) is 24.0 Å². The number of amides is 1. The molecule has 3 N–H and O–H groups in total. The normalized spacial score (nSPS) is 37.0. The third-order valence-electron chi connectivity index (χ3n) is 13.0. The molecule has 59 heavy (non-hydrogen) atoms. The summed E-state index contributed by atoms with van der Waals surface area (Å²) in [6.45, 7) is 16.2. The molecular formula is C46H68N4O9. The number of methoxy groups -OCH3 is 1. The number of rotatable bonds is 11. The van der Waals surface area contributed by atoms with Gasteiger partial charge in [0.1, 0.15) is 18.1 Å². The Kier molecular flexibility index (Phi) is 15.5. The summed E-state index contributed by atoms with van der Waals surface area (Å²) in [4.78, 5) is 47.8. The van der Waals surface area contributed by atoms with Gasteiger partial charge in [0.15, 0.2) is 17.7 Å². The molecule has 326 valence electrons. The van der Waals surface area contributed by atoms with E-state index < -0.39 is 71.5 Å². The second-order valence-corrected chi connectivity index (χ2v) is 17.5. The van der Waals surface area contributed by atoms with Crippen LogP contribution in [-0.4, -0.2) is 121 Å². The molecule has 1 amide bonds. The SMILES string of the molecule is CC[C@H]1OC(=O)[C@H](C)C(=O)[C@H](C)[C@@H](OC2O[C@H](C)C[C@H](N(C)C)[C@H]2O)[C@](C)(OC)C[C@@H](C)/C(=C\CNCC/C=C/c2cnc3ccccc3c2)[C@H](C)[C@@H]2NC(=O)O[C@]12C. The monoisotopic (exact) mass is 820 g/mol. The Labute approximate surface area is 350 Å². The molecule has 3 saturated heterocycles. The maximum atomic E-state index is 14.4. The van der Waals surface area contributed by atoms with Crippen molar-refractivity contribution in [2.75, 3.05) is 34.3 Å². The van der Waals surface area contributed by atoms with Crippen molar-refractivity contribution in [3.8, 4) is 0 Å². The maximum Gasteiger partial charge on any atom is 0.408 e. The summed E-state index contributed by atoms with van der Waals surface area (Å²) in [5, 5.41) is 19.2. The number of Topliss-reactive ketones (excluding diaryl/α,β-unsaturated/α-hetero) is 1. The first-order valence-corrected chi connectivity index (χ1v) is 21.3. The van der Waals surface area contributed by atoms with Crippen LogP contribution in [0.3, 0.4) is 0 Å². The zero-order valence-electron chi connectivity index (χ0n) is 36.9. The minimum Gasteiger partial charge on any atom is -0.458 e. The van der Waals surface area contributed by atoms with Gasteiger partial charge in [-0.3, -0.25) is 14.6 Å². The molecule has 13 heteroatoms. The van der Waals surface area contributed by atoms with Crippen molar-refractivity contribution in [3.05, 3.63) is 59.8 Å². The van der Waals surface area contributed by atoms with Crippen molar-refractivity contribution in [1.82, 2.24) is 20.5 Å². The van der Waals surface area contributed by atoms with Crippen molar-refractivity contribution >= 4 is 34.8 Å². The number of fused-ring (bicyclic) bond motifs is 2. The smallest absolute Gasteiger partial charge is 0.408 e. The summed E-state index contributed by atoms with van der Waals surface area (Å²) >= 11 is 0. The lowest BCUT2D eigenvalue weighted by Gasteiger charge is -2.47. The van der Waals surface area contributed by atoms with Crippen LogP contribution in [0.15, 0.2) is 54.3 Å². The van der Waals surface area contributed by atoms with Gasteiger partial charge < -0.3 is 44.3 Å². The highest BCUT2D eigenvalue weighted by Gasteiger charge is 2.56. The number of ether oxygens (including phenoxy) is 5. The third-order valence-corrected chi connectivity index (χ3v) is 13.0. The molecule has 3 aliphatic rings. The molecule has 2 aromatic rings. The van der Waals surface area contributed by atoms with Crippen LogP contribution in [0.25, 0.3) is 17.0 Å². The molecule has 0 radical (unpaired) electrons. The molecule has 1 aromatic heterocycles. The van der Waals surface area contributed by atoms with Crippen LogP contribution in [0, 0.1) is 23.7 Å². The molecule has 1 aromatic carbocycles. The molecule has 0 aliphatic carbocycles. The molecule has 1 unspecified atom stereocenters. The fraction of sp³-hybridized carbons (Fsp3) is 0.652. The Hall–Kier alpha value is -3.72. The van der Waals surface area contributed by atoms with Gasteiger partial charge in [0.25, 0.3) is 0 Å². The van der Waals surface area contributed by atoms with Gasteiger partial charge in [0.2, 0.25) is 0 Å². The number of esters is 1. The maximum absolute atomic E-state index is 14.4. The Bertz CT molecular complexity index is 1840. The Morgan fingerprint density at radius 1 is 1.08 bits per heavy atom. The molecule has 13 atom stereocenters. The molecule has 0 spiro atoms. The number of carbonyl (C=O) groups is 3. The van der Waals surface area contributed by atoms with E-state index in [1.54, 1.807) is 21.0 Å². The number of likely N-dealkylation sites (N-methyl/N-ethyl adjacent to an activating group) is 1. The molecule has 13 nitrogen and oxygen atoms in total. The van der Waals surface area contributed by atoms with E-state index in [0.29, 0.717) is 25.8 Å². The van der Waals surface area contributed by atoms with Crippen LogP contribution < -0.4 is 10.6 Å². The first kappa shape index (κ1) is 46.3. The molecule has 0 saturated carbocycles. The molecule has 3 aliphatic heterocycles. The highest BCUT2D eigenvalue weighted by Crippen LogP contribution is 2.43. The molecule has 3 fully saturated rings. The van der Waals surface area contributed by atoms with Gasteiger partial charge in [0, 0.05) is 43.1 Å². The second-order valence-electron chi connectivity index (χ2n) is 17.5. The van der Waals surface area contributed by atoms with E-state index in [2.05, 4.69) is 59.8 Å². The van der Waals surface area contributed by atoms with Gasteiger partial charge >= 0.3 is 12.1 Å². The number of carbonyl (C=O) groups excluding carboxylic acids is 3. The van der Waals surface area contributed by atoms with Gasteiger partial charge in [0.05, 0.1) is 29.4 Å². The average Bonchev–Trinajstić information content (AvgIpc) is 3.53. The lowest BCUT2D eigenvalue weighted by atomic mass is 9.71. The highest BCUT2D eigenvalue weighted by molar-refractivity contribution is 6.00. The number of nitrogens with one attached hydrogen (secondary N) is 2. The number of nitrogens with zero attached hydrogens (tertiary/aromatic N) is 2. The Morgan fingerprint density at radius 2 is 1.81 bits per heavy atom. The fourth-order valence-corrected chi connectivity index (χ4v) is 9.49. The lowest BCUT2D eigenvalue weighted by Crippen LogP contribution is -2.59. The minimum atomic E-state index is -1.22. The van der Waals surface area contributed by atoms with E-state index in [9.17, 15) is 19.5 Å². The number of alkyl carbamates (subject to hydrolysis) is 1. The predicted molar refractivity (Wildman–Crippen MR) is 227 cm³/mol. The Balaban J connectivity index is 1.46. The number of aliphatic hydroxyl groups is 1. The van der Waals surface area contributed by atoms with Gasteiger partial charge in [-0.2, -0.15) is 0 Å². The second kappa shape index (κ2) is 19.8. The van der Waals surface area contributed by atoms with Gasteiger partial charge in [-0.15, -0.1) is 0 Å². The fourth-order valence-electron chi connectivity index (χ4n) is 9.49. The van der Waals surface area contributed by atoms with Crippen LogP contribution in [0.5, 0.6) is 0 Å². The average molecular weight is 821 g/mol. The molecule has 0 bridgehead atoms. The number of para-hydroxylation sites is 1. The van der Waals surface area contributed by atoms with E-state index in [0.717, 1.165) is 35.0 Å². The van der Waals surface area contributed by atoms with Crippen LogP contribution in [-0.2, 0) is 33.3 Å². The largest absolute Gasteiger partial charge is 0.458 e.